The minimum Gasteiger partial charge on any atom is -0.399 e. The average molecular weight is 384 g/mol. The number of aryl methyl sites for hydroxylation is 1. The fourth-order valence-corrected chi connectivity index (χ4v) is 2.94. The van der Waals surface area contributed by atoms with E-state index in [9.17, 15) is 4.79 Å². The molecule has 0 atom stereocenters. The Morgan fingerprint density at radius 3 is 2.37 bits per heavy atom. The Labute approximate surface area is 128 Å². The van der Waals surface area contributed by atoms with Gasteiger partial charge in [0, 0.05) is 20.2 Å². The number of hydrogen-bond acceptors (Lipinski definition) is 2. The lowest BCUT2D eigenvalue weighted by molar-refractivity contribution is 0.102. The Morgan fingerprint density at radius 2 is 1.79 bits per heavy atom. The maximum atomic E-state index is 12.3. The smallest absolute Gasteiger partial charge is 0.255 e. The summed E-state index contributed by atoms with van der Waals surface area (Å²) in [4.78, 5) is 12.3. The maximum absolute atomic E-state index is 12.3. The first-order valence-corrected chi connectivity index (χ1v) is 7.19. The lowest BCUT2D eigenvalue weighted by Gasteiger charge is -2.11. The minimum absolute atomic E-state index is 0.162. The van der Waals surface area contributed by atoms with Crippen molar-refractivity contribution in [2.75, 3.05) is 11.1 Å². The zero-order valence-electron chi connectivity index (χ0n) is 10.2. The van der Waals surface area contributed by atoms with Crippen LogP contribution < -0.4 is 11.1 Å². The Kier molecular flexibility index (Phi) is 4.27. The van der Waals surface area contributed by atoms with Gasteiger partial charge in [-0.2, -0.15) is 0 Å². The molecule has 0 aliphatic heterocycles. The first-order chi connectivity index (χ1) is 8.99. The Morgan fingerprint density at radius 1 is 1.16 bits per heavy atom. The third-order valence-electron chi connectivity index (χ3n) is 2.70. The van der Waals surface area contributed by atoms with Crippen molar-refractivity contribution in [2.24, 2.45) is 0 Å². The first-order valence-electron chi connectivity index (χ1n) is 5.60. The summed E-state index contributed by atoms with van der Waals surface area (Å²) in [5, 5.41) is 2.88. The number of nitrogens with one attached hydrogen (secondary N) is 1. The molecule has 5 heteroatoms. The molecule has 0 aliphatic rings. The van der Waals surface area contributed by atoms with E-state index in [1.165, 1.54) is 0 Å². The molecule has 0 fully saturated rings. The number of nitrogens with two attached hydrogens (primary N) is 1. The highest BCUT2D eigenvalue weighted by molar-refractivity contribution is 9.11. The predicted molar refractivity (Wildman–Crippen MR) is 85.4 cm³/mol. The van der Waals surface area contributed by atoms with Crippen LogP contribution in [0.5, 0.6) is 0 Å². The Balaban J connectivity index is 2.31. The van der Waals surface area contributed by atoms with Crippen molar-refractivity contribution in [3.05, 3.63) is 56.5 Å². The van der Waals surface area contributed by atoms with E-state index in [1.54, 1.807) is 18.2 Å². The number of nitrogen functional groups attached to an aromatic ring is 1. The van der Waals surface area contributed by atoms with E-state index in [4.69, 9.17) is 5.73 Å². The lowest BCUT2D eigenvalue weighted by Crippen LogP contribution is -2.14. The summed E-state index contributed by atoms with van der Waals surface area (Å²) in [5.41, 5.74) is 8.50. The lowest BCUT2D eigenvalue weighted by atomic mass is 10.1. The molecular weight excluding hydrogens is 372 g/mol. The fourth-order valence-electron chi connectivity index (χ4n) is 1.74. The zero-order valence-corrected chi connectivity index (χ0v) is 13.4. The van der Waals surface area contributed by atoms with Crippen LogP contribution in [0.25, 0.3) is 0 Å². The maximum Gasteiger partial charge on any atom is 0.255 e. The fraction of sp³-hybridized carbons (Fsp3) is 0.0714. The predicted octanol–water partition coefficient (Wildman–Crippen LogP) is 4.35. The number of halogens is 2. The Bertz CT molecular complexity index is 621. The topological polar surface area (TPSA) is 55.1 Å². The minimum atomic E-state index is -0.162. The van der Waals surface area contributed by atoms with Crippen LogP contribution >= 0.6 is 31.9 Å². The molecule has 0 heterocycles. The molecule has 3 N–H and O–H groups in total. The van der Waals surface area contributed by atoms with Gasteiger partial charge in [0.15, 0.2) is 0 Å². The number of benzene rings is 2. The molecule has 2 aromatic carbocycles. The molecule has 0 aromatic heterocycles. The summed E-state index contributed by atoms with van der Waals surface area (Å²) in [6.45, 7) is 1.86. The average Bonchev–Trinajstić information content (AvgIpc) is 2.33. The summed E-state index contributed by atoms with van der Waals surface area (Å²) in [6.07, 6.45) is 0. The molecule has 0 aliphatic carbocycles. The second-order valence-electron chi connectivity index (χ2n) is 4.13. The van der Waals surface area contributed by atoms with Crippen LogP contribution in [0.2, 0.25) is 0 Å². The quantitative estimate of drug-likeness (QED) is 0.757. The van der Waals surface area contributed by atoms with Gasteiger partial charge in [0.1, 0.15) is 0 Å². The molecule has 0 unspecified atom stereocenters. The number of rotatable bonds is 2. The zero-order chi connectivity index (χ0) is 14.0. The van der Waals surface area contributed by atoms with Gasteiger partial charge in [0.25, 0.3) is 5.91 Å². The van der Waals surface area contributed by atoms with Gasteiger partial charge in [-0.05, 0) is 74.7 Å². The van der Waals surface area contributed by atoms with Crippen molar-refractivity contribution in [2.45, 2.75) is 6.92 Å². The van der Waals surface area contributed by atoms with Gasteiger partial charge in [0.2, 0.25) is 0 Å². The molecule has 0 saturated carbocycles. The van der Waals surface area contributed by atoms with E-state index in [0.29, 0.717) is 16.9 Å². The molecule has 0 bridgehead atoms. The van der Waals surface area contributed by atoms with E-state index < -0.39 is 0 Å². The largest absolute Gasteiger partial charge is 0.399 e. The van der Waals surface area contributed by atoms with Crippen LogP contribution in [-0.2, 0) is 0 Å². The van der Waals surface area contributed by atoms with Crippen LogP contribution in [0.3, 0.4) is 0 Å². The number of anilines is 2. The first kappa shape index (κ1) is 14.1. The molecule has 19 heavy (non-hydrogen) atoms. The van der Waals surface area contributed by atoms with Gasteiger partial charge in [-0.15, -0.1) is 0 Å². The van der Waals surface area contributed by atoms with Crippen LogP contribution in [-0.4, -0.2) is 5.91 Å². The van der Waals surface area contributed by atoms with Crippen molar-refractivity contribution < 1.29 is 4.79 Å². The number of hydrogen-bond donors (Lipinski definition) is 2. The highest BCUT2D eigenvalue weighted by Crippen LogP contribution is 2.31. The molecule has 3 nitrogen and oxygen atoms in total. The third-order valence-corrected chi connectivity index (χ3v) is 4.02. The second kappa shape index (κ2) is 5.75. The Hall–Kier alpha value is -1.33. The highest BCUT2D eigenvalue weighted by atomic mass is 79.9. The van der Waals surface area contributed by atoms with Gasteiger partial charge in [-0.25, -0.2) is 0 Å². The van der Waals surface area contributed by atoms with Crippen molar-refractivity contribution in [1.29, 1.82) is 0 Å². The number of carbonyl (C=O) groups is 1. The van der Waals surface area contributed by atoms with Crippen LogP contribution in [0.4, 0.5) is 11.4 Å². The summed E-state index contributed by atoms with van der Waals surface area (Å²) < 4.78 is 1.65. The van der Waals surface area contributed by atoms with Crippen LogP contribution in [0, 0.1) is 6.92 Å². The summed E-state index contributed by atoms with van der Waals surface area (Å²) >= 11 is 6.83. The molecule has 98 valence electrons. The molecular formula is C14H12Br2N2O. The monoisotopic (exact) mass is 382 g/mol. The van der Waals surface area contributed by atoms with Gasteiger partial charge < -0.3 is 11.1 Å². The van der Waals surface area contributed by atoms with Gasteiger partial charge >= 0.3 is 0 Å². The van der Waals surface area contributed by atoms with Gasteiger partial charge in [0.05, 0.1) is 5.69 Å². The van der Waals surface area contributed by atoms with E-state index >= 15 is 0 Å². The summed E-state index contributed by atoms with van der Waals surface area (Å²) in [5.74, 6) is -0.162. The van der Waals surface area contributed by atoms with Gasteiger partial charge in [-0.3, -0.25) is 4.79 Å². The molecule has 0 saturated heterocycles. The van der Waals surface area contributed by atoms with Crippen molar-refractivity contribution in [3.63, 3.8) is 0 Å². The van der Waals surface area contributed by atoms with Crippen LogP contribution in [0.15, 0.2) is 45.3 Å². The molecule has 2 aromatic rings. The number of amides is 1. The third kappa shape index (κ3) is 3.16. The second-order valence-corrected chi connectivity index (χ2v) is 5.83. The molecule has 2 rings (SSSR count). The number of carbonyl (C=O) groups excluding carboxylic acids is 1. The van der Waals surface area contributed by atoms with Crippen LogP contribution in [0.1, 0.15) is 15.9 Å². The van der Waals surface area contributed by atoms with Crippen molar-refractivity contribution >= 4 is 49.1 Å². The van der Waals surface area contributed by atoms with E-state index in [2.05, 4.69) is 37.2 Å². The van der Waals surface area contributed by atoms with E-state index in [-0.39, 0.29) is 5.91 Å². The van der Waals surface area contributed by atoms with E-state index in [1.807, 2.05) is 25.1 Å². The number of para-hydroxylation sites is 1. The van der Waals surface area contributed by atoms with Crippen molar-refractivity contribution in [1.82, 2.24) is 0 Å². The summed E-state index contributed by atoms with van der Waals surface area (Å²) in [6, 6.07) is 10.9. The summed E-state index contributed by atoms with van der Waals surface area (Å²) in [7, 11) is 0. The molecule has 1 amide bonds. The van der Waals surface area contributed by atoms with Crippen molar-refractivity contribution in [3.8, 4) is 0 Å². The normalized spacial score (nSPS) is 10.3. The van der Waals surface area contributed by atoms with Gasteiger partial charge in [-0.1, -0.05) is 6.07 Å². The van der Waals surface area contributed by atoms with E-state index in [0.717, 1.165) is 14.5 Å². The molecule has 0 spiro atoms. The molecule has 0 radical (unpaired) electrons. The highest BCUT2D eigenvalue weighted by Gasteiger charge is 2.12. The SMILES string of the molecule is Cc1cc(N)ccc1C(=O)Nc1c(Br)cccc1Br. The standard InChI is InChI=1S/C14H12Br2N2O/c1-8-7-9(17)5-6-10(8)14(19)18-13-11(15)3-2-4-12(13)16/h2-7H,17H2,1H3,(H,18,19).